The minimum atomic E-state index is 0.302. The molecule has 0 atom stereocenters. The molecule has 4 rings (SSSR count). The van der Waals surface area contributed by atoms with Gasteiger partial charge in [-0.15, -0.1) is 0 Å². The van der Waals surface area contributed by atoms with Crippen LogP contribution in [0.3, 0.4) is 0 Å². The lowest BCUT2D eigenvalue weighted by Gasteiger charge is -2.29. The molecule has 0 fully saturated rings. The van der Waals surface area contributed by atoms with E-state index in [9.17, 15) is 5.53 Å². The average molecular weight is 428 g/mol. The Morgan fingerprint density at radius 2 is 1.32 bits per heavy atom. The van der Waals surface area contributed by atoms with E-state index in [1.54, 1.807) is 0 Å². The number of nitrogens with zero attached hydrogens (tertiary/aromatic N) is 3. The maximum atomic E-state index is 9.41. The minimum absolute atomic E-state index is 0.302. The van der Waals surface area contributed by atoms with Crippen molar-refractivity contribution < 1.29 is 9.53 Å². The van der Waals surface area contributed by atoms with Gasteiger partial charge in [0, 0.05) is 13.1 Å². The highest BCUT2D eigenvalue weighted by Gasteiger charge is 2.29. The van der Waals surface area contributed by atoms with Gasteiger partial charge < -0.3 is 15.2 Å². The van der Waals surface area contributed by atoms with Gasteiger partial charge in [0.1, 0.15) is 23.0 Å². The van der Waals surface area contributed by atoms with Crippen LogP contribution in [0, 0.1) is 0 Å². The van der Waals surface area contributed by atoms with E-state index in [0.29, 0.717) is 36.0 Å². The van der Waals surface area contributed by atoms with Crippen molar-refractivity contribution in [2.45, 2.75) is 19.5 Å². The Morgan fingerprint density at radius 1 is 0.806 bits per heavy atom. The maximum absolute atomic E-state index is 9.41. The van der Waals surface area contributed by atoms with Gasteiger partial charge in [-0.2, -0.15) is 4.79 Å². The first-order valence-corrected chi connectivity index (χ1v) is 10.5. The lowest BCUT2D eigenvalue weighted by Crippen LogP contribution is -2.27. The fraction of sp³-hybridized carbons (Fsp3) is 0.115. The molecular formula is C26H22ClN3O. The zero-order chi connectivity index (χ0) is 21.5. The van der Waals surface area contributed by atoms with Crippen molar-refractivity contribution in [1.29, 1.82) is 0 Å². The van der Waals surface area contributed by atoms with E-state index in [1.165, 1.54) is 11.1 Å². The molecule has 0 heterocycles. The minimum Gasteiger partial charge on any atom is -0.459 e. The van der Waals surface area contributed by atoms with Crippen molar-refractivity contribution in [3.8, 4) is 5.75 Å². The number of ether oxygens (including phenoxy) is 1. The van der Waals surface area contributed by atoms with Crippen molar-refractivity contribution in [1.82, 2.24) is 4.90 Å². The van der Waals surface area contributed by atoms with Crippen LogP contribution >= 0.6 is 11.6 Å². The highest BCUT2D eigenvalue weighted by atomic mass is 35.5. The van der Waals surface area contributed by atoms with Crippen LogP contribution in [0.2, 0.25) is 0 Å². The van der Waals surface area contributed by atoms with Gasteiger partial charge in [-0.3, -0.25) is 0 Å². The summed E-state index contributed by atoms with van der Waals surface area (Å²) in [5.41, 5.74) is 13.0. The van der Waals surface area contributed by atoms with Crippen molar-refractivity contribution in [3.63, 3.8) is 0 Å². The molecular weight excluding hydrogens is 406 g/mol. The third-order valence-corrected chi connectivity index (χ3v) is 5.36. The van der Waals surface area contributed by atoms with E-state index < -0.39 is 0 Å². The van der Waals surface area contributed by atoms with Crippen LogP contribution in [0.15, 0.2) is 114 Å². The molecule has 0 spiro atoms. The summed E-state index contributed by atoms with van der Waals surface area (Å²) in [4.78, 5) is 5.60. The van der Waals surface area contributed by atoms with E-state index in [2.05, 4.69) is 34.0 Å². The van der Waals surface area contributed by atoms with Gasteiger partial charge in [0.05, 0.1) is 5.70 Å². The Morgan fingerprint density at radius 3 is 1.84 bits per heavy atom. The van der Waals surface area contributed by atoms with E-state index in [0.717, 1.165) is 11.4 Å². The monoisotopic (exact) mass is 427 g/mol. The lowest BCUT2D eigenvalue weighted by atomic mass is 10.0. The molecule has 0 saturated heterocycles. The molecule has 3 aromatic rings. The zero-order valence-corrected chi connectivity index (χ0v) is 17.7. The summed E-state index contributed by atoms with van der Waals surface area (Å²) in [6, 6.07) is 30.2. The topological polar surface area (TPSA) is 48.9 Å². The third-order valence-electron chi connectivity index (χ3n) is 5.03. The second-order valence-corrected chi connectivity index (χ2v) is 7.67. The summed E-state index contributed by atoms with van der Waals surface area (Å²) in [7, 11) is 0. The molecule has 31 heavy (non-hydrogen) atoms. The van der Waals surface area contributed by atoms with Crippen LogP contribution in [0.5, 0.6) is 5.75 Å². The van der Waals surface area contributed by atoms with Gasteiger partial charge in [-0.05, 0) is 29.3 Å². The number of hydrogen-bond acceptors (Lipinski definition) is 2. The molecule has 0 aromatic heterocycles. The number of benzene rings is 3. The molecule has 1 aliphatic rings. The van der Waals surface area contributed by atoms with Crippen LogP contribution in [0.25, 0.3) is 5.53 Å². The molecule has 0 N–H and O–H groups in total. The fourth-order valence-electron chi connectivity index (χ4n) is 3.51. The van der Waals surface area contributed by atoms with Crippen molar-refractivity contribution in [2.75, 3.05) is 0 Å². The SMILES string of the molecule is [N-]=[N+]=C1CC(Oc2ccccc2)=C(N(Cc2ccccc2)Cc2ccccc2)C=C1Cl. The summed E-state index contributed by atoms with van der Waals surface area (Å²) in [6.45, 7) is 1.36. The van der Waals surface area contributed by atoms with Gasteiger partial charge in [-0.1, -0.05) is 90.5 Å². The number of allylic oxidation sites excluding steroid dienone is 3. The molecule has 5 heteroatoms. The second-order valence-electron chi connectivity index (χ2n) is 7.27. The van der Waals surface area contributed by atoms with Crippen LogP contribution in [-0.2, 0) is 13.1 Å². The number of rotatable bonds is 7. The Balaban J connectivity index is 1.76. The van der Waals surface area contributed by atoms with Crippen molar-refractivity contribution >= 4 is 17.3 Å². The van der Waals surface area contributed by atoms with E-state index in [1.807, 2.05) is 72.8 Å². The molecule has 3 aromatic carbocycles. The summed E-state index contributed by atoms with van der Waals surface area (Å²) in [6.07, 6.45) is 2.13. The van der Waals surface area contributed by atoms with E-state index in [-0.39, 0.29) is 0 Å². The molecule has 4 nitrogen and oxygen atoms in total. The Bertz CT molecular complexity index is 1090. The van der Waals surface area contributed by atoms with Crippen LogP contribution < -0.4 is 4.74 Å². The maximum Gasteiger partial charge on any atom is 0.318 e. The third kappa shape index (κ3) is 5.32. The smallest absolute Gasteiger partial charge is 0.318 e. The van der Waals surface area contributed by atoms with Gasteiger partial charge in [-0.25, -0.2) is 0 Å². The highest BCUT2D eigenvalue weighted by Crippen LogP contribution is 2.30. The molecule has 0 bridgehead atoms. The van der Waals surface area contributed by atoms with Crippen molar-refractivity contribution in [3.05, 3.63) is 130 Å². The Kier molecular flexibility index (Phi) is 6.63. The largest absolute Gasteiger partial charge is 0.459 e. The molecule has 0 saturated carbocycles. The molecule has 0 radical (unpaired) electrons. The van der Waals surface area contributed by atoms with Gasteiger partial charge >= 0.3 is 5.71 Å². The number of hydrogen-bond donors (Lipinski definition) is 0. The molecule has 0 amide bonds. The first kappa shape index (κ1) is 20.7. The summed E-state index contributed by atoms with van der Waals surface area (Å²) in [5.74, 6) is 1.41. The first-order chi connectivity index (χ1) is 15.2. The quantitative estimate of drug-likeness (QED) is 0.334. The normalized spacial score (nSPS) is 13.5. The standard InChI is InChI=1S/C26H22ClN3O/c27-23-16-25(26(17-24(23)29-28)31-22-14-8-3-9-15-22)30(18-20-10-4-1-5-11-20)19-21-12-6-2-7-13-21/h1-16H,17-19H2. The zero-order valence-electron chi connectivity index (χ0n) is 17.0. The summed E-state index contributed by atoms with van der Waals surface area (Å²) < 4.78 is 6.25. The fourth-order valence-corrected chi connectivity index (χ4v) is 3.72. The predicted octanol–water partition coefficient (Wildman–Crippen LogP) is 6.18. The van der Waals surface area contributed by atoms with Crippen molar-refractivity contribution in [2.24, 2.45) is 0 Å². The Labute approximate surface area is 187 Å². The van der Waals surface area contributed by atoms with Gasteiger partial charge in [0.2, 0.25) is 0 Å². The summed E-state index contributed by atoms with van der Waals surface area (Å²) >= 11 is 6.45. The highest BCUT2D eigenvalue weighted by molar-refractivity contribution is 6.43. The molecule has 0 aliphatic heterocycles. The summed E-state index contributed by atoms with van der Waals surface area (Å²) in [5, 5.41) is 0.407. The van der Waals surface area contributed by atoms with E-state index in [4.69, 9.17) is 16.3 Å². The molecule has 1 aliphatic carbocycles. The van der Waals surface area contributed by atoms with Crippen LogP contribution in [0.4, 0.5) is 0 Å². The van der Waals surface area contributed by atoms with Crippen LogP contribution in [-0.4, -0.2) is 15.4 Å². The van der Waals surface area contributed by atoms with Crippen LogP contribution in [0.1, 0.15) is 17.5 Å². The Hall–Kier alpha value is -3.59. The number of halogens is 1. The lowest BCUT2D eigenvalue weighted by molar-refractivity contribution is -0.00684. The first-order valence-electron chi connectivity index (χ1n) is 10.1. The molecule has 0 unspecified atom stereocenters. The number of para-hydroxylation sites is 1. The van der Waals surface area contributed by atoms with Gasteiger partial charge in [0.25, 0.3) is 0 Å². The van der Waals surface area contributed by atoms with Gasteiger partial charge in [0.15, 0.2) is 0 Å². The predicted molar refractivity (Wildman–Crippen MR) is 123 cm³/mol. The van der Waals surface area contributed by atoms with E-state index >= 15 is 0 Å². The average Bonchev–Trinajstić information content (AvgIpc) is 2.81. The second kappa shape index (κ2) is 9.94. The molecule has 154 valence electrons.